The van der Waals surface area contributed by atoms with Gasteiger partial charge in [-0.1, -0.05) is 23.7 Å². The highest BCUT2D eigenvalue weighted by Crippen LogP contribution is 2.29. The van der Waals surface area contributed by atoms with E-state index in [9.17, 15) is 0 Å². The van der Waals surface area contributed by atoms with Crippen LogP contribution in [0.15, 0.2) is 30.6 Å². The Kier molecular flexibility index (Phi) is 6.48. The molecular weight excluding hydrogens is 368 g/mol. The number of hydrogen-bond acceptors (Lipinski definition) is 4. The lowest BCUT2D eigenvalue weighted by atomic mass is 9.89. The van der Waals surface area contributed by atoms with Crippen LogP contribution in [0.4, 0.5) is 5.82 Å². The SMILES string of the molecule is CN(CCCN1CCC(c2ccc(Cl)cc2)CC1)c1ncnc2c1CCCC2. The molecule has 1 fully saturated rings. The topological polar surface area (TPSA) is 32.3 Å². The molecule has 4 rings (SSSR count). The van der Waals surface area contributed by atoms with E-state index in [1.165, 1.54) is 68.6 Å². The maximum Gasteiger partial charge on any atom is 0.135 e. The summed E-state index contributed by atoms with van der Waals surface area (Å²) in [4.78, 5) is 14.1. The summed E-state index contributed by atoms with van der Waals surface area (Å²) in [6.45, 7) is 4.62. The fourth-order valence-electron chi connectivity index (χ4n) is 4.70. The van der Waals surface area contributed by atoms with E-state index < -0.39 is 0 Å². The van der Waals surface area contributed by atoms with Crippen LogP contribution in [0.25, 0.3) is 0 Å². The molecule has 4 nitrogen and oxygen atoms in total. The van der Waals surface area contributed by atoms with Gasteiger partial charge in [0.05, 0.1) is 0 Å². The second kappa shape index (κ2) is 9.23. The summed E-state index contributed by atoms with van der Waals surface area (Å²) < 4.78 is 0. The lowest BCUT2D eigenvalue weighted by Crippen LogP contribution is -2.35. The van der Waals surface area contributed by atoms with Crippen LogP contribution in [0.5, 0.6) is 0 Å². The van der Waals surface area contributed by atoms with Crippen molar-refractivity contribution in [2.75, 3.05) is 38.1 Å². The molecule has 2 aromatic rings. The Labute approximate surface area is 173 Å². The van der Waals surface area contributed by atoms with Crippen LogP contribution < -0.4 is 4.90 Å². The average Bonchev–Trinajstić information content (AvgIpc) is 2.74. The number of aryl methyl sites for hydroxylation is 1. The summed E-state index contributed by atoms with van der Waals surface area (Å²) in [5.41, 5.74) is 4.10. The van der Waals surface area contributed by atoms with Crippen molar-refractivity contribution in [3.63, 3.8) is 0 Å². The second-order valence-corrected chi connectivity index (χ2v) is 8.71. The zero-order chi connectivity index (χ0) is 19.3. The molecule has 1 aromatic heterocycles. The minimum absolute atomic E-state index is 0.684. The first-order valence-electron chi connectivity index (χ1n) is 10.7. The Balaban J connectivity index is 1.23. The number of nitrogens with zero attached hydrogens (tertiary/aromatic N) is 4. The Morgan fingerprint density at radius 2 is 1.82 bits per heavy atom. The predicted molar refractivity (Wildman–Crippen MR) is 116 cm³/mol. The molecule has 0 amide bonds. The molecule has 0 spiro atoms. The Morgan fingerprint density at radius 1 is 1.07 bits per heavy atom. The van der Waals surface area contributed by atoms with Crippen LogP contribution in [0.3, 0.4) is 0 Å². The fourth-order valence-corrected chi connectivity index (χ4v) is 4.82. The van der Waals surface area contributed by atoms with Gasteiger partial charge in [-0.2, -0.15) is 0 Å². The Bertz CT molecular complexity index is 769. The standard InChI is InChI=1S/C23H31ClN4/c1-27(23-21-5-2-3-6-22(21)25-17-26-23)13-4-14-28-15-11-19(12-16-28)18-7-9-20(24)10-8-18/h7-10,17,19H,2-6,11-16H2,1H3. The quantitative estimate of drug-likeness (QED) is 0.705. The summed E-state index contributed by atoms with van der Waals surface area (Å²) in [6, 6.07) is 8.43. The van der Waals surface area contributed by atoms with Gasteiger partial charge in [-0.05, 0) is 88.2 Å². The lowest BCUT2D eigenvalue weighted by Gasteiger charge is -2.33. The van der Waals surface area contributed by atoms with Crippen LogP contribution in [0.1, 0.15) is 54.8 Å². The normalized spacial score (nSPS) is 18.1. The molecule has 5 heteroatoms. The highest BCUT2D eigenvalue weighted by molar-refractivity contribution is 6.30. The Hall–Kier alpha value is -1.65. The number of halogens is 1. The number of piperidine rings is 1. The molecule has 0 bridgehead atoms. The van der Waals surface area contributed by atoms with Crippen molar-refractivity contribution in [2.45, 2.75) is 50.9 Å². The minimum atomic E-state index is 0.684. The van der Waals surface area contributed by atoms with Crippen molar-refractivity contribution in [3.05, 3.63) is 52.4 Å². The van der Waals surface area contributed by atoms with Crippen LogP contribution in [-0.2, 0) is 12.8 Å². The molecular formula is C23H31ClN4. The first kappa shape index (κ1) is 19.7. The number of benzene rings is 1. The van der Waals surface area contributed by atoms with E-state index >= 15 is 0 Å². The summed E-state index contributed by atoms with van der Waals surface area (Å²) >= 11 is 6.02. The highest BCUT2D eigenvalue weighted by atomic mass is 35.5. The second-order valence-electron chi connectivity index (χ2n) is 8.27. The fraction of sp³-hybridized carbons (Fsp3) is 0.565. The zero-order valence-corrected chi connectivity index (χ0v) is 17.7. The highest BCUT2D eigenvalue weighted by Gasteiger charge is 2.21. The lowest BCUT2D eigenvalue weighted by molar-refractivity contribution is 0.211. The van der Waals surface area contributed by atoms with E-state index in [1.807, 2.05) is 12.1 Å². The number of rotatable bonds is 6. The zero-order valence-electron chi connectivity index (χ0n) is 16.9. The average molecular weight is 399 g/mol. The van der Waals surface area contributed by atoms with Crippen molar-refractivity contribution >= 4 is 17.4 Å². The predicted octanol–water partition coefficient (Wildman–Crippen LogP) is 4.71. The molecule has 0 unspecified atom stereocenters. The molecule has 0 saturated carbocycles. The van der Waals surface area contributed by atoms with Crippen molar-refractivity contribution in [2.24, 2.45) is 0 Å². The minimum Gasteiger partial charge on any atom is -0.359 e. The smallest absolute Gasteiger partial charge is 0.135 e. The third-order valence-electron chi connectivity index (χ3n) is 6.36. The Morgan fingerprint density at radius 3 is 2.61 bits per heavy atom. The van der Waals surface area contributed by atoms with Crippen molar-refractivity contribution < 1.29 is 0 Å². The van der Waals surface area contributed by atoms with Crippen molar-refractivity contribution in [1.29, 1.82) is 0 Å². The van der Waals surface area contributed by atoms with Gasteiger partial charge in [-0.25, -0.2) is 9.97 Å². The summed E-state index contributed by atoms with van der Waals surface area (Å²) in [6.07, 6.45) is 10.2. The monoisotopic (exact) mass is 398 g/mol. The van der Waals surface area contributed by atoms with Gasteiger partial charge in [0.1, 0.15) is 12.1 Å². The van der Waals surface area contributed by atoms with E-state index in [0.29, 0.717) is 5.92 Å². The number of hydrogen-bond donors (Lipinski definition) is 0. The maximum atomic E-state index is 6.02. The molecule has 0 radical (unpaired) electrons. The first-order valence-corrected chi connectivity index (χ1v) is 11.1. The molecule has 0 atom stereocenters. The molecule has 1 saturated heterocycles. The van der Waals surface area contributed by atoms with Gasteiger partial charge >= 0.3 is 0 Å². The number of anilines is 1. The maximum absolute atomic E-state index is 6.02. The van der Waals surface area contributed by atoms with Crippen molar-refractivity contribution in [3.8, 4) is 0 Å². The van der Waals surface area contributed by atoms with Crippen LogP contribution in [0.2, 0.25) is 5.02 Å². The molecule has 0 N–H and O–H groups in total. The van der Waals surface area contributed by atoms with Gasteiger partial charge < -0.3 is 9.80 Å². The van der Waals surface area contributed by atoms with Gasteiger partial charge in [-0.15, -0.1) is 0 Å². The van der Waals surface area contributed by atoms with E-state index in [-0.39, 0.29) is 0 Å². The molecule has 1 aliphatic heterocycles. The van der Waals surface area contributed by atoms with Crippen LogP contribution >= 0.6 is 11.6 Å². The number of aromatic nitrogens is 2. The van der Waals surface area contributed by atoms with E-state index in [2.05, 4.69) is 38.9 Å². The molecule has 150 valence electrons. The van der Waals surface area contributed by atoms with Crippen LogP contribution in [0, 0.1) is 0 Å². The molecule has 1 aliphatic carbocycles. The summed E-state index contributed by atoms with van der Waals surface area (Å²) in [5, 5.41) is 0.829. The van der Waals surface area contributed by atoms with E-state index in [0.717, 1.165) is 30.2 Å². The van der Waals surface area contributed by atoms with Gasteiger partial charge in [0.25, 0.3) is 0 Å². The summed E-state index contributed by atoms with van der Waals surface area (Å²) in [7, 11) is 2.18. The van der Waals surface area contributed by atoms with E-state index in [4.69, 9.17) is 11.6 Å². The van der Waals surface area contributed by atoms with Gasteiger partial charge in [0.2, 0.25) is 0 Å². The third-order valence-corrected chi connectivity index (χ3v) is 6.61. The molecule has 1 aromatic carbocycles. The number of likely N-dealkylation sites (tertiary alicyclic amines) is 1. The largest absolute Gasteiger partial charge is 0.359 e. The third kappa shape index (κ3) is 4.66. The van der Waals surface area contributed by atoms with E-state index in [1.54, 1.807) is 6.33 Å². The first-order chi connectivity index (χ1) is 13.7. The number of fused-ring (bicyclic) bond motifs is 1. The summed E-state index contributed by atoms with van der Waals surface area (Å²) in [5.74, 6) is 1.84. The van der Waals surface area contributed by atoms with Gasteiger partial charge in [0, 0.05) is 29.9 Å². The van der Waals surface area contributed by atoms with Gasteiger partial charge in [0.15, 0.2) is 0 Å². The van der Waals surface area contributed by atoms with Crippen LogP contribution in [-0.4, -0.2) is 48.1 Å². The van der Waals surface area contributed by atoms with Crippen molar-refractivity contribution in [1.82, 2.24) is 14.9 Å². The molecule has 2 heterocycles. The van der Waals surface area contributed by atoms with Gasteiger partial charge in [-0.3, -0.25) is 0 Å². The molecule has 2 aliphatic rings. The molecule has 28 heavy (non-hydrogen) atoms.